The Kier molecular flexibility index (Phi) is 3.91. The standard InChI is InChI=1S/C15H19ClN2O4S/c16-12-7-13-14(22-6-5-21-13)8-15(12)23(19,20)18-10-1-2-11(18)9-17-4-3-10/h7-8,10-11,17H,1-6,9H2. The molecule has 3 aliphatic heterocycles. The predicted octanol–water partition coefficient (Wildman–Crippen LogP) is 1.63. The summed E-state index contributed by atoms with van der Waals surface area (Å²) in [5.41, 5.74) is 0. The SMILES string of the molecule is O=S(=O)(c1cc2c(cc1Cl)OCCO2)N1C2CCNCC1CC2. The van der Waals surface area contributed by atoms with Gasteiger partial charge >= 0.3 is 0 Å². The minimum atomic E-state index is -3.66. The summed E-state index contributed by atoms with van der Waals surface area (Å²) >= 11 is 6.26. The van der Waals surface area contributed by atoms with Gasteiger partial charge in [0.05, 0.1) is 5.02 Å². The van der Waals surface area contributed by atoms with Crippen LogP contribution in [-0.2, 0) is 10.0 Å². The van der Waals surface area contributed by atoms with Gasteiger partial charge in [0, 0.05) is 30.8 Å². The van der Waals surface area contributed by atoms with Crippen molar-refractivity contribution in [3.63, 3.8) is 0 Å². The van der Waals surface area contributed by atoms with Crippen LogP contribution in [0.25, 0.3) is 0 Å². The van der Waals surface area contributed by atoms with Gasteiger partial charge in [-0.05, 0) is 25.8 Å². The maximum Gasteiger partial charge on any atom is 0.245 e. The third-order valence-electron chi connectivity index (χ3n) is 4.74. The van der Waals surface area contributed by atoms with E-state index in [-0.39, 0.29) is 22.0 Å². The number of benzene rings is 1. The van der Waals surface area contributed by atoms with E-state index in [2.05, 4.69) is 5.32 Å². The number of rotatable bonds is 2. The molecule has 2 atom stereocenters. The van der Waals surface area contributed by atoms with Gasteiger partial charge in [-0.25, -0.2) is 8.42 Å². The minimum absolute atomic E-state index is 0.00299. The van der Waals surface area contributed by atoms with Crippen molar-refractivity contribution in [1.29, 1.82) is 0 Å². The van der Waals surface area contributed by atoms with Crippen molar-refractivity contribution in [2.24, 2.45) is 0 Å². The summed E-state index contributed by atoms with van der Waals surface area (Å²) in [6.45, 7) is 2.39. The van der Waals surface area contributed by atoms with Gasteiger partial charge in [-0.15, -0.1) is 0 Å². The molecule has 8 heteroatoms. The number of fused-ring (bicyclic) bond motifs is 3. The molecule has 1 aromatic rings. The van der Waals surface area contributed by atoms with Gasteiger partial charge in [-0.1, -0.05) is 11.6 Å². The molecule has 0 aromatic heterocycles. The van der Waals surface area contributed by atoms with Crippen LogP contribution in [0.3, 0.4) is 0 Å². The van der Waals surface area contributed by atoms with Gasteiger partial charge in [0.1, 0.15) is 18.1 Å². The molecule has 4 rings (SSSR count). The van der Waals surface area contributed by atoms with Crippen molar-refractivity contribution in [2.45, 2.75) is 36.2 Å². The van der Waals surface area contributed by atoms with Crippen molar-refractivity contribution in [3.8, 4) is 11.5 Å². The van der Waals surface area contributed by atoms with Gasteiger partial charge in [0.2, 0.25) is 10.0 Å². The number of ether oxygens (including phenoxy) is 2. The zero-order valence-electron chi connectivity index (χ0n) is 12.6. The second-order valence-electron chi connectivity index (χ2n) is 6.14. The second kappa shape index (κ2) is 5.81. The van der Waals surface area contributed by atoms with Crippen LogP contribution in [0, 0.1) is 0 Å². The molecule has 2 fully saturated rings. The molecule has 0 amide bonds. The monoisotopic (exact) mass is 358 g/mol. The zero-order valence-corrected chi connectivity index (χ0v) is 14.2. The van der Waals surface area contributed by atoms with Crippen LogP contribution in [0.5, 0.6) is 11.5 Å². The number of hydrogen-bond acceptors (Lipinski definition) is 5. The van der Waals surface area contributed by atoms with E-state index in [1.165, 1.54) is 6.07 Å². The number of sulfonamides is 1. The Balaban J connectivity index is 1.77. The molecule has 2 unspecified atom stereocenters. The smallest absolute Gasteiger partial charge is 0.245 e. The lowest BCUT2D eigenvalue weighted by Gasteiger charge is -2.28. The first kappa shape index (κ1) is 15.5. The molecule has 2 bridgehead atoms. The van der Waals surface area contributed by atoms with Gasteiger partial charge < -0.3 is 14.8 Å². The lowest BCUT2D eigenvalue weighted by atomic mass is 10.1. The van der Waals surface area contributed by atoms with E-state index in [1.807, 2.05) is 0 Å². The lowest BCUT2D eigenvalue weighted by molar-refractivity contribution is 0.171. The van der Waals surface area contributed by atoms with E-state index in [9.17, 15) is 8.42 Å². The normalized spacial score (nSPS) is 27.7. The Bertz CT molecular complexity index is 710. The lowest BCUT2D eigenvalue weighted by Crippen LogP contribution is -2.42. The van der Waals surface area contributed by atoms with Gasteiger partial charge in [0.25, 0.3) is 0 Å². The number of halogens is 1. The average Bonchev–Trinajstić information content (AvgIpc) is 2.80. The summed E-state index contributed by atoms with van der Waals surface area (Å²) in [6, 6.07) is 3.09. The topological polar surface area (TPSA) is 67.9 Å². The first-order valence-corrected chi connectivity index (χ1v) is 9.72. The zero-order chi connectivity index (χ0) is 16.0. The molecule has 0 saturated carbocycles. The van der Waals surface area contributed by atoms with Crippen LogP contribution in [0.15, 0.2) is 17.0 Å². The molecule has 23 heavy (non-hydrogen) atoms. The van der Waals surface area contributed by atoms with Crippen LogP contribution in [-0.4, -0.2) is 51.1 Å². The van der Waals surface area contributed by atoms with E-state index < -0.39 is 10.0 Å². The molecular weight excluding hydrogens is 340 g/mol. The van der Waals surface area contributed by atoms with Crippen LogP contribution < -0.4 is 14.8 Å². The molecule has 126 valence electrons. The molecular formula is C15H19ClN2O4S. The van der Waals surface area contributed by atoms with Crippen molar-refractivity contribution < 1.29 is 17.9 Å². The second-order valence-corrected chi connectivity index (χ2v) is 8.36. The van der Waals surface area contributed by atoms with Gasteiger partial charge in [-0.3, -0.25) is 0 Å². The summed E-state index contributed by atoms with van der Waals surface area (Å²) in [4.78, 5) is 0.113. The third-order valence-corrected chi connectivity index (χ3v) is 7.21. The highest BCUT2D eigenvalue weighted by atomic mass is 35.5. The van der Waals surface area contributed by atoms with E-state index in [0.717, 1.165) is 25.8 Å². The molecule has 2 saturated heterocycles. The summed E-state index contributed by atoms with van der Waals surface area (Å²) in [7, 11) is -3.66. The van der Waals surface area contributed by atoms with E-state index in [0.29, 0.717) is 31.3 Å². The fraction of sp³-hybridized carbons (Fsp3) is 0.600. The van der Waals surface area contributed by atoms with E-state index in [4.69, 9.17) is 21.1 Å². The largest absolute Gasteiger partial charge is 0.486 e. The fourth-order valence-corrected chi connectivity index (χ4v) is 6.10. The van der Waals surface area contributed by atoms with Crippen LogP contribution >= 0.6 is 11.6 Å². The summed E-state index contributed by atoms with van der Waals surface area (Å²) in [6.07, 6.45) is 2.63. The highest BCUT2D eigenvalue weighted by Crippen LogP contribution is 2.41. The number of hydrogen-bond donors (Lipinski definition) is 1. The average molecular weight is 359 g/mol. The molecule has 6 nitrogen and oxygen atoms in total. The number of nitrogens with zero attached hydrogens (tertiary/aromatic N) is 1. The number of nitrogens with one attached hydrogen (secondary N) is 1. The quantitative estimate of drug-likeness (QED) is 0.870. The maximum absolute atomic E-state index is 13.2. The maximum atomic E-state index is 13.2. The first-order chi connectivity index (χ1) is 11.1. The molecule has 1 aromatic carbocycles. The molecule has 3 heterocycles. The van der Waals surface area contributed by atoms with Gasteiger partial charge in [-0.2, -0.15) is 4.31 Å². The molecule has 0 spiro atoms. The Morgan fingerprint density at radius 2 is 1.78 bits per heavy atom. The van der Waals surface area contributed by atoms with Gasteiger partial charge in [0.15, 0.2) is 11.5 Å². The minimum Gasteiger partial charge on any atom is -0.486 e. The van der Waals surface area contributed by atoms with Crippen molar-refractivity contribution in [2.75, 3.05) is 26.3 Å². The molecule has 0 radical (unpaired) electrons. The van der Waals surface area contributed by atoms with Crippen LogP contribution in [0.4, 0.5) is 0 Å². The Morgan fingerprint density at radius 3 is 2.57 bits per heavy atom. The Labute approximate surface area is 140 Å². The Morgan fingerprint density at radius 1 is 1.09 bits per heavy atom. The van der Waals surface area contributed by atoms with Crippen molar-refractivity contribution >= 4 is 21.6 Å². The van der Waals surface area contributed by atoms with E-state index in [1.54, 1.807) is 10.4 Å². The van der Waals surface area contributed by atoms with Crippen molar-refractivity contribution in [3.05, 3.63) is 17.2 Å². The molecule has 3 aliphatic rings. The third kappa shape index (κ3) is 2.59. The van der Waals surface area contributed by atoms with Crippen LogP contribution in [0.1, 0.15) is 19.3 Å². The fourth-order valence-electron chi connectivity index (χ4n) is 3.69. The highest BCUT2D eigenvalue weighted by Gasteiger charge is 2.44. The summed E-state index contributed by atoms with van der Waals surface area (Å²) in [5, 5.41) is 3.50. The summed E-state index contributed by atoms with van der Waals surface area (Å²) < 4.78 is 39.1. The molecule has 0 aliphatic carbocycles. The molecule has 1 N–H and O–H groups in total. The van der Waals surface area contributed by atoms with E-state index >= 15 is 0 Å². The van der Waals surface area contributed by atoms with Crippen molar-refractivity contribution in [1.82, 2.24) is 9.62 Å². The highest BCUT2D eigenvalue weighted by molar-refractivity contribution is 7.89. The summed E-state index contributed by atoms with van der Waals surface area (Å²) in [5.74, 6) is 0.945. The Hall–Kier alpha value is -1.02. The predicted molar refractivity (Wildman–Crippen MR) is 85.8 cm³/mol. The van der Waals surface area contributed by atoms with Crippen LogP contribution in [0.2, 0.25) is 5.02 Å². The first-order valence-electron chi connectivity index (χ1n) is 7.91.